The molecule has 0 aliphatic heterocycles. The quantitative estimate of drug-likeness (QED) is 0.754. The molecule has 0 radical (unpaired) electrons. The maximum atomic E-state index is 9.30. The van der Waals surface area contributed by atoms with Crippen LogP contribution in [0.4, 0.5) is 0 Å². The molecule has 2 aromatic rings. The Morgan fingerprint density at radius 1 is 1.37 bits per heavy atom. The largest absolute Gasteiger partial charge is 0.395 e. The van der Waals surface area contributed by atoms with Gasteiger partial charge in [0.05, 0.1) is 6.61 Å². The van der Waals surface area contributed by atoms with Crippen molar-refractivity contribution in [3.63, 3.8) is 0 Å². The molecule has 2 rings (SSSR count). The first-order valence-corrected chi connectivity index (χ1v) is 7.48. The normalized spacial score (nSPS) is 13.3. The third kappa shape index (κ3) is 3.92. The molecule has 2 aromatic heterocycles. The number of pyridine rings is 1. The monoisotopic (exact) mass is 280 g/mol. The number of aromatic nitrogens is 3. The number of rotatable bonds is 7. The van der Waals surface area contributed by atoms with Gasteiger partial charge in [-0.05, 0) is 18.6 Å². The Hall–Kier alpha value is -1.11. The minimum Gasteiger partial charge on any atom is -0.395 e. The first kappa shape index (κ1) is 14.3. The zero-order valence-electron chi connectivity index (χ0n) is 11.3. The maximum Gasteiger partial charge on any atom is 0.195 e. The van der Waals surface area contributed by atoms with Crippen molar-refractivity contribution in [1.82, 2.24) is 19.9 Å². The lowest BCUT2D eigenvalue weighted by Gasteiger charge is -2.18. The van der Waals surface area contributed by atoms with E-state index in [1.54, 1.807) is 11.8 Å². The molecule has 0 fully saturated rings. The molecule has 104 valence electrons. The molecular formula is C13H20N4OS. The molecule has 0 aliphatic carbocycles. The molecule has 0 saturated carbocycles. The van der Waals surface area contributed by atoms with Crippen LogP contribution in [0, 0.1) is 0 Å². The Balaban J connectivity index is 1.88. The lowest BCUT2D eigenvalue weighted by molar-refractivity contribution is 0.232. The van der Waals surface area contributed by atoms with Gasteiger partial charge in [0.2, 0.25) is 0 Å². The van der Waals surface area contributed by atoms with Crippen LogP contribution in [0.25, 0.3) is 5.65 Å². The number of nitrogens with zero attached hydrogens (tertiary/aromatic N) is 3. The van der Waals surface area contributed by atoms with Crippen molar-refractivity contribution < 1.29 is 5.11 Å². The zero-order chi connectivity index (χ0) is 13.7. The SMILES string of the molecule is CC(C)NC(CO)CCSc1nnc2ccccn12. The number of thioether (sulfide) groups is 1. The van der Waals surface area contributed by atoms with Gasteiger partial charge in [-0.2, -0.15) is 0 Å². The van der Waals surface area contributed by atoms with Gasteiger partial charge in [0.1, 0.15) is 0 Å². The van der Waals surface area contributed by atoms with Gasteiger partial charge in [0.15, 0.2) is 10.8 Å². The van der Waals surface area contributed by atoms with Crippen LogP contribution in [0.15, 0.2) is 29.6 Å². The van der Waals surface area contributed by atoms with Crippen LogP contribution in [0.1, 0.15) is 20.3 Å². The second kappa shape index (κ2) is 6.88. The summed E-state index contributed by atoms with van der Waals surface area (Å²) in [5.74, 6) is 0.903. The van der Waals surface area contributed by atoms with Gasteiger partial charge in [0.25, 0.3) is 0 Å². The first-order valence-electron chi connectivity index (χ1n) is 6.50. The van der Waals surface area contributed by atoms with Crippen LogP contribution in [-0.4, -0.2) is 44.1 Å². The Kier molecular flexibility index (Phi) is 5.18. The highest BCUT2D eigenvalue weighted by Crippen LogP contribution is 2.18. The van der Waals surface area contributed by atoms with Crippen molar-refractivity contribution in [1.29, 1.82) is 0 Å². The number of fused-ring (bicyclic) bond motifs is 1. The predicted octanol–water partition coefficient (Wildman–Crippen LogP) is 1.57. The minimum atomic E-state index is 0.145. The van der Waals surface area contributed by atoms with Crippen LogP contribution in [0.2, 0.25) is 0 Å². The van der Waals surface area contributed by atoms with Crippen molar-refractivity contribution in [2.24, 2.45) is 0 Å². The Labute approximate surface area is 117 Å². The highest BCUT2D eigenvalue weighted by molar-refractivity contribution is 7.99. The summed E-state index contributed by atoms with van der Waals surface area (Å²) in [5, 5.41) is 21.8. The van der Waals surface area contributed by atoms with E-state index in [1.165, 1.54) is 0 Å². The molecule has 0 saturated heterocycles. The van der Waals surface area contributed by atoms with E-state index in [2.05, 4.69) is 29.4 Å². The van der Waals surface area contributed by atoms with E-state index in [0.717, 1.165) is 23.0 Å². The number of aliphatic hydroxyl groups is 1. The fourth-order valence-electron chi connectivity index (χ4n) is 1.91. The molecule has 2 N–H and O–H groups in total. The van der Waals surface area contributed by atoms with Gasteiger partial charge >= 0.3 is 0 Å². The van der Waals surface area contributed by atoms with Gasteiger partial charge in [-0.25, -0.2) is 0 Å². The molecule has 1 unspecified atom stereocenters. The molecule has 0 amide bonds. The molecule has 6 heteroatoms. The van der Waals surface area contributed by atoms with E-state index < -0.39 is 0 Å². The third-order valence-electron chi connectivity index (χ3n) is 2.77. The van der Waals surface area contributed by atoms with E-state index in [0.29, 0.717) is 6.04 Å². The standard InChI is InChI=1S/C13H20N4OS/c1-10(2)14-11(9-18)6-8-19-13-16-15-12-5-3-4-7-17(12)13/h3-5,7,10-11,14,18H,6,8-9H2,1-2H3. The predicted molar refractivity (Wildman–Crippen MR) is 77.5 cm³/mol. The van der Waals surface area contributed by atoms with Gasteiger partial charge in [-0.3, -0.25) is 4.40 Å². The van der Waals surface area contributed by atoms with Crippen molar-refractivity contribution in [2.45, 2.75) is 37.5 Å². The Morgan fingerprint density at radius 2 is 2.21 bits per heavy atom. The summed E-state index contributed by atoms with van der Waals surface area (Å²) >= 11 is 1.67. The number of hydrogen-bond donors (Lipinski definition) is 2. The van der Waals surface area contributed by atoms with E-state index in [-0.39, 0.29) is 12.6 Å². The topological polar surface area (TPSA) is 62.5 Å². The summed E-state index contributed by atoms with van der Waals surface area (Å²) < 4.78 is 1.98. The fourth-order valence-corrected chi connectivity index (χ4v) is 2.89. The first-order chi connectivity index (χ1) is 9.20. The lowest BCUT2D eigenvalue weighted by atomic mass is 10.2. The average molecular weight is 280 g/mol. The highest BCUT2D eigenvalue weighted by atomic mass is 32.2. The van der Waals surface area contributed by atoms with Crippen LogP contribution in [-0.2, 0) is 0 Å². The lowest BCUT2D eigenvalue weighted by Crippen LogP contribution is -2.37. The molecular weight excluding hydrogens is 260 g/mol. The second-order valence-electron chi connectivity index (χ2n) is 4.75. The van der Waals surface area contributed by atoms with Crippen LogP contribution < -0.4 is 5.32 Å². The summed E-state index contributed by atoms with van der Waals surface area (Å²) in [6, 6.07) is 6.39. The van der Waals surface area contributed by atoms with Crippen molar-refractivity contribution in [3.8, 4) is 0 Å². The maximum absolute atomic E-state index is 9.30. The zero-order valence-corrected chi connectivity index (χ0v) is 12.1. The fraction of sp³-hybridized carbons (Fsp3) is 0.538. The molecule has 0 spiro atoms. The number of aliphatic hydroxyl groups excluding tert-OH is 1. The molecule has 0 aromatic carbocycles. The summed E-state index contributed by atoms with van der Waals surface area (Å²) in [4.78, 5) is 0. The highest BCUT2D eigenvalue weighted by Gasteiger charge is 2.10. The van der Waals surface area contributed by atoms with Crippen LogP contribution >= 0.6 is 11.8 Å². The van der Waals surface area contributed by atoms with E-state index in [1.807, 2.05) is 28.8 Å². The smallest absolute Gasteiger partial charge is 0.195 e. The number of nitrogens with one attached hydrogen (secondary N) is 1. The van der Waals surface area contributed by atoms with Crippen molar-refractivity contribution >= 4 is 17.4 Å². The summed E-state index contributed by atoms with van der Waals surface area (Å²) in [5.41, 5.74) is 0.865. The van der Waals surface area contributed by atoms with Crippen LogP contribution in [0.5, 0.6) is 0 Å². The van der Waals surface area contributed by atoms with Crippen molar-refractivity contribution in [3.05, 3.63) is 24.4 Å². The third-order valence-corrected chi connectivity index (χ3v) is 3.75. The van der Waals surface area contributed by atoms with Gasteiger partial charge in [0, 0.05) is 24.0 Å². The van der Waals surface area contributed by atoms with E-state index in [9.17, 15) is 5.11 Å². The number of hydrogen-bond acceptors (Lipinski definition) is 5. The molecule has 2 heterocycles. The molecule has 19 heavy (non-hydrogen) atoms. The minimum absolute atomic E-state index is 0.145. The molecule has 5 nitrogen and oxygen atoms in total. The summed E-state index contributed by atoms with van der Waals surface area (Å²) in [6.07, 6.45) is 2.87. The van der Waals surface area contributed by atoms with E-state index in [4.69, 9.17) is 0 Å². The Morgan fingerprint density at radius 3 is 2.95 bits per heavy atom. The van der Waals surface area contributed by atoms with Crippen LogP contribution in [0.3, 0.4) is 0 Å². The van der Waals surface area contributed by atoms with Crippen molar-refractivity contribution in [2.75, 3.05) is 12.4 Å². The van der Waals surface area contributed by atoms with Gasteiger partial charge in [-0.15, -0.1) is 10.2 Å². The molecule has 0 bridgehead atoms. The van der Waals surface area contributed by atoms with Gasteiger partial charge < -0.3 is 10.4 Å². The second-order valence-corrected chi connectivity index (χ2v) is 5.81. The molecule has 1 atom stereocenters. The summed E-state index contributed by atoms with van der Waals surface area (Å²) in [6.45, 7) is 4.34. The molecule has 0 aliphatic rings. The average Bonchev–Trinajstić information content (AvgIpc) is 2.81. The Bertz CT molecular complexity index is 514. The van der Waals surface area contributed by atoms with Gasteiger partial charge in [-0.1, -0.05) is 31.7 Å². The van der Waals surface area contributed by atoms with E-state index >= 15 is 0 Å². The summed E-state index contributed by atoms with van der Waals surface area (Å²) in [7, 11) is 0.